The zero-order valence-corrected chi connectivity index (χ0v) is 7.88. The molecule has 0 radical (unpaired) electrons. The van der Waals surface area contributed by atoms with Gasteiger partial charge in [-0.15, -0.1) is 0 Å². The summed E-state index contributed by atoms with van der Waals surface area (Å²) in [6.07, 6.45) is 3.36. The summed E-state index contributed by atoms with van der Waals surface area (Å²) >= 11 is 0. The second-order valence-corrected chi connectivity index (χ2v) is 3.62. The minimum absolute atomic E-state index is 0.248. The molecule has 1 aromatic rings. The van der Waals surface area contributed by atoms with Crippen LogP contribution in [0, 0.1) is 0 Å². The smallest absolute Gasteiger partial charge is 0.312 e. The maximum atomic E-state index is 11.2. The van der Waals surface area contributed by atoms with Crippen molar-refractivity contribution in [3.63, 3.8) is 0 Å². The molecule has 2 heterocycles. The SMILES string of the molecule is O=c1[nH][nH]c(=O)n1CC1CCCCN1. The van der Waals surface area contributed by atoms with E-state index in [2.05, 4.69) is 15.5 Å². The number of piperidine rings is 1. The largest absolute Gasteiger partial charge is 0.344 e. The predicted molar refractivity (Wildman–Crippen MR) is 51.3 cm³/mol. The first-order valence-corrected chi connectivity index (χ1v) is 4.88. The van der Waals surface area contributed by atoms with Crippen molar-refractivity contribution in [3.8, 4) is 0 Å². The average Bonchev–Trinajstić information content (AvgIpc) is 2.51. The number of aromatic nitrogens is 3. The third kappa shape index (κ3) is 1.79. The fraction of sp³-hybridized carbons (Fsp3) is 0.750. The lowest BCUT2D eigenvalue weighted by atomic mass is 10.1. The molecule has 2 rings (SSSR count). The second-order valence-electron chi connectivity index (χ2n) is 3.62. The van der Waals surface area contributed by atoms with Crippen LogP contribution in [0.2, 0.25) is 0 Å². The van der Waals surface area contributed by atoms with Gasteiger partial charge in [0.15, 0.2) is 0 Å². The van der Waals surface area contributed by atoms with Crippen LogP contribution in [0.25, 0.3) is 0 Å². The fourth-order valence-corrected chi connectivity index (χ4v) is 1.80. The van der Waals surface area contributed by atoms with Gasteiger partial charge in [0.05, 0.1) is 0 Å². The van der Waals surface area contributed by atoms with E-state index >= 15 is 0 Å². The Morgan fingerprint density at radius 1 is 1.21 bits per heavy atom. The van der Waals surface area contributed by atoms with Crippen LogP contribution in [0.5, 0.6) is 0 Å². The van der Waals surface area contributed by atoms with Crippen molar-refractivity contribution in [2.45, 2.75) is 31.8 Å². The van der Waals surface area contributed by atoms with Gasteiger partial charge >= 0.3 is 11.4 Å². The maximum Gasteiger partial charge on any atom is 0.344 e. The molecular weight excluding hydrogens is 184 g/mol. The van der Waals surface area contributed by atoms with Gasteiger partial charge in [0.25, 0.3) is 0 Å². The monoisotopic (exact) mass is 198 g/mol. The Balaban J connectivity index is 2.09. The van der Waals surface area contributed by atoms with Crippen molar-refractivity contribution >= 4 is 0 Å². The Morgan fingerprint density at radius 2 is 1.93 bits per heavy atom. The van der Waals surface area contributed by atoms with Crippen molar-refractivity contribution < 1.29 is 0 Å². The summed E-state index contributed by atoms with van der Waals surface area (Å²) in [5.41, 5.74) is -0.718. The van der Waals surface area contributed by atoms with E-state index in [1.54, 1.807) is 0 Å². The topological polar surface area (TPSA) is 82.7 Å². The molecule has 0 aliphatic carbocycles. The first-order chi connectivity index (χ1) is 6.77. The number of hydrogen-bond donors (Lipinski definition) is 3. The van der Waals surface area contributed by atoms with Crippen LogP contribution in [0.1, 0.15) is 19.3 Å². The van der Waals surface area contributed by atoms with Gasteiger partial charge in [-0.1, -0.05) is 6.42 Å². The van der Waals surface area contributed by atoms with E-state index in [0.29, 0.717) is 6.54 Å². The summed E-state index contributed by atoms with van der Waals surface area (Å²) in [7, 11) is 0. The van der Waals surface area contributed by atoms with E-state index in [0.717, 1.165) is 19.4 Å². The molecule has 0 aromatic carbocycles. The van der Waals surface area contributed by atoms with Crippen molar-refractivity contribution in [3.05, 3.63) is 21.0 Å². The molecule has 1 saturated heterocycles. The highest BCUT2D eigenvalue weighted by atomic mass is 16.2. The van der Waals surface area contributed by atoms with Crippen LogP contribution in [-0.2, 0) is 6.54 Å². The Morgan fingerprint density at radius 3 is 2.50 bits per heavy atom. The van der Waals surface area contributed by atoms with Gasteiger partial charge in [0, 0.05) is 12.6 Å². The van der Waals surface area contributed by atoms with Crippen LogP contribution < -0.4 is 16.7 Å². The van der Waals surface area contributed by atoms with Crippen molar-refractivity contribution in [1.82, 2.24) is 20.1 Å². The number of nitrogens with zero attached hydrogens (tertiary/aromatic N) is 1. The van der Waals surface area contributed by atoms with Crippen molar-refractivity contribution in [2.75, 3.05) is 6.54 Å². The Hall–Kier alpha value is -1.30. The molecule has 0 saturated carbocycles. The second kappa shape index (κ2) is 3.83. The minimum atomic E-state index is -0.359. The highest BCUT2D eigenvalue weighted by molar-refractivity contribution is 4.75. The molecular formula is C8H14N4O2. The number of H-pyrrole nitrogens is 2. The molecule has 1 aliphatic heterocycles. The molecule has 1 atom stereocenters. The minimum Gasteiger partial charge on any atom is -0.312 e. The average molecular weight is 198 g/mol. The summed E-state index contributed by atoms with van der Waals surface area (Å²) in [5, 5.41) is 7.82. The lowest BCUT2D eigenvalue weighted by molar-refractivity contribution is 0.357. The van der Waals surface area contributed by atoms with E-state index in [9.17, 15) is 9.59 Å². The third-order valence-corrected chi connectivity index (χ3v) is 2.58. The Labute approximate surface area is 80.3 Å². The first-order valence-electron chi connectivity index (χ1n) is 4.88. The van der Waals surface area contributed by atoms with Crippen LogP contribution in [0.15, 0.2) is 9.59 Å². The standard InChI is InChI=1S/C8H14N4O2/c13-7-10-11-8(14)12(7)5-6-3-1-2-4-9-6/h6,9H,1-5H2,(H,10,13)(H,11,14). The summed E-state index contributed by atoms with van der Waals surface area (Å²) in [5.74, 6) is 0. The van der Waals surface area contributed by atoms with E-state index in [1.165, 1.54) is 11.0 Å². The Bertz CT molecular complexity index is 368. The zero-order valence-electron chi connectivity index (χ0n) is 7.88. The predicted octanol–water partition coefficient (Wildman–Crippen LogP) is -0.993. The molecule has 0 spiro atoms. The molecule has 78 valence electrons. The fourth-order valence-electron chi connectivity index (χ4n) is 1.80. The summed E-state index contributed by atoms with van der Waals surface area (Å²) in [6.45, 7) is 1.43. The van der Waals surface area contributed by atoms with Gasteiger partial charge in [-0.05, 0) is 19.4 Å². The van der Waals surface area contributed by atoms with Gasteiger partial charge in [-0.3, -0.25) is 0 Å². The molecule has 1 fully saturated rings. The van der Waals surface area contributed by atoms with Gasteiger partial charge in [-0.2, -0.15) is 0 Å². The number of nitrogens with one attached hydrogen (secondary N) is 3. The van der Waals surface area contributed by atoms with Gasteiger partial charge in [0.1, 0.15) is 0 Å². The molecule has 3 N–H and O–H groups in total. The van der Waals surface area contributed by atoms with Crippen LogP contribution >= 0.6 is 0 Å². The van der Waals surface area contributed by atoms with E-state index < -0.39 is 0 Å². The zero-order chi connectivity index (χ0) is 9.97. The molecule has 1 unspecified atom stereocenters. The molecule has 0 bridgehead atoms. The quantitative estimate of drug-likeness (QED) is 0.570. The summed E-state index contributed by atoms with van der Waals surface area (Å²) in [4.78, 5) is 22.3. The van der Waals surface area contributed by atoms with Crippen molar-refractivity contribution in [2.24, 2.45) is 0 Å². The van der Waals surface area contributed by atoms with E-state index in [4.69, 9.17) is 0 Å². The van der Waals surface area contributed by atoms with Crippen LogP contribution in [0.4, 0.5) is 0 Å². The number of rotatable bonds is 2. The lowest BCUT2D eigenvalue weighted by Gasteiger charge is -2.22. The third-order valence-electron chi connectivity index (χ3n) is 2.58. The van der Waals surface area contributed by atoms with E-state index in [-0.39, 0.29) is 17.4 Å². The molecule has 1 aromatic heterocycles. The highest BCUT2D eigenvalue weighted by Crippen LogP contribution is 2.07. The summed E-state index contributed by atoms with van der Waals surface area (Å²) in [6, 6.07) is 0.248. The van der Waals surface area contributed by atoms with Gasteiger partial charge < -0.3 is 5.32 Å². The molecule has 6 heteroatoms. The molecule has 1 aliphatic rings. The van der Waals surface area contributed by atoms with Gasteiger partial charge in [-0.25, -0.2) is 24.4 Å². The van der Waals surface area contributed by atoms with Gasteiger partial charge in [0.2, 0.25) is 0 Å². The maximum absolute atomic E-state index is 11.2. The molecule has 6 nitrogen and oxygen atoms in total. The van der Waals surface area contributed by atoms with Crippen LogP contribution in [0.3, 0.4) is 0 Å². The molecule has 14 heavy (non-hydrogen) atoms. The van der Waals surface area contributed by atoms with Crippen molar-refractivity contribution in [1.29, 1.82) is 0 Å². The Kier molecular flexibility index (Phi) is 2.53. The normalized spacial score (nSPS) is 22.4. The lowest BCUT2D eigenvalue weighted by Crippen LogP contribution is -2.42. The van der Waals surface area contributed by atoms with Crippen LogP contribution in [-0.4, -0.2) is 27.4 Å². The summed E-state index contributed by atoms with van der Waals surface area (Å²) < 4.78 is 1.20. The first kappa shape index (κ1) is 9.26. The highest BCUT2D eigenvalue weighted by Gasteiger charge is 2.15. The number of hydrogen-bond acceptors (Lipinski definition) is 3. The van der Waals surface area contributed by atoms with E-state index in [1.807, 2.05) is 0 Å². The molecule has 0 amide bonds. The number of aromatic amines is 2.